The maximum atomic E-state index is 12.1. The van der Waals surface area contributed by atoms with Crippen molar-refractivity contribution in [2.75, 3.05) is 11.9 Å². The second-order valence-corrected chi connectivity index (χ2v) is 4.80. The molecule has 0 saturated heterocycles. The van der Waals surface area contributed by atoms with Gasteiger partial charge in [-0.1, -0.05) is 11.8 Å². The van der Waals surface area contributed by atoms with Gasteiger partial charge in [0.25, 0.3) is 5.91 Å². The van der Waals surface area contributed by atoms with Crippen molar-refractivity contribution in [3.8, 4) is 11.8 Å². The molecule has 2 rings (SSSR count). The van der Waals surface area contributed by atoms with Crippen molar-refractivity contribution in [2.24, 2.45) is 0 Å². The summed E-state index contributed by atoms with van der Waals surface area (Å²) < 4.78 is 0. The minimum absolute atomic E-state index is 0.160. The Balaban J connectivity index is 2.20. The van der Waals surface area contributed by atoms with Gasteiger partial charge in [-0.05, 0) is 25.3 Å². The molecule has 2 aromatic rings. The van der Waals surface area contributed by atoms with Gasteiger partial charge < -0.3 is 5.11 Å². The van der Waals surface area contributed by atoms with Crippen LogP contribution < -0.4 is 5.32 Å². The van der Waals surface area contributed by atoms with Crippen LogP contribution in [0.15, 0.2) is 11.4 Å². The van der Waals surface area contributed by atoms with Crippen LogP contribution in [0.5, 0.6) is 0 Å². The van der Waals surface area contributed by atoms with Crippen molar-refractivity contribution < 1.29 is 9.90 Å². The number of aromatic nitrogens is 3. The molecule has 1 amide bonds. The van der Waals surface area contributed by atoms with E-state index >= 15 is 0 Å². The minimum Gasteiger partial charge on any atom is -0.384 e. The summed E-state index contributed by atoms with van der Waals surface area (Å²) in [7, 11) is 0. The van der Waals surface area contributed by atoms with E-state index in [2.05, 4.69) is 32.3 Å². The first kappa shape index (κ1) is 14.1. The Bertz CT molecular complexity index is 700. The molecule has 20 heavy (non-hydrogen) atoms. The van der Waals surface area contributed by atoms with Crippen molar-refractivity contribution in [2.45, 2.75) is 13.8 Å². The van der Waals surface area contributed by atoms with E-state index in [1.807, 2.05) is 0 Å². The monoisotopic (exact) mass is 288 g/mol. The molecule has 2 heterocycles. The summed E-state index contributed by atoms with van der Waals surface area (Å²) in [5.74, 6) is 5.06. The number of amides is 1. The Kier molecular flexibility index (Phi) is 4.40. The highest BCUT2D eigenvalue weighted by molar-refractivity contribution is 7.12. The molecular formula is C13H12N4O2S. The van der Waals surface area contributed by atoms with Crippen molar-refractivity contribution in [3.05, 3.63) is 33.3 Å². The van der Waals surface area contributed by atoms with Crippen LogP contribution in [0, 0.1) is 25.7 Å². The molecule has 0 spiro atoms. The van der Waals surface area contributed by atoms with E-state index in [0.717, 1.165) is 0 Å². The number of carbonyl (C=O) groups excluding carboxylic acids is 1. The normalized spacial score (nSPS) is 9.75. The predicted molar refractivity (Wildman–Crippen MR) is 75.5 cm³/mol. The average Bonchev–Trinajstić information content (AvgIpc) is 2.89. The summed E-state index contributed by atoms with van der Waals surface area (Å²) in [5.41, 5.74) is 1.99. The molecule has 0 unspecified atom stereocenters. The molecule has 0 atom stereocenters. The zero-order valence-electron chi connectivity index (χ0n) is 11.0. The van der Waals surface area contributed by atoms with E-state index in [9.17, 15) is 4.79 Å². The van der Waals surface area contributed by atoms with Gasteiger partial charge in [0.05, 0.1) is 11.4 Å². The van der Waals surface area contributed by atoms with Crippen molar-refractivity contribution in [1.82, 2.24) is 15.2 Å². The number of thiophene rings is 1. The van der Waals surface area contributed by atoms with Gasteiger partial charge >= 0.3 is 0 Å². The summed E-state index contributed by atoms with van der Waals surface area (Å²) in [6.45, 7) is 3.34. The molecular weight excluding hydrogens is 276 g/mol. The Morgan fingerprint density at radius 3 is 2.90 bits per heavy atom. The lowest BCUT2D eigenvalue weighted by Crippen LogP contribution is -2.15. The third kappa shape index (κ3) is 3.17. The SMILES string of the molecule is Cc1nnc(NC(=O)c2sccc2C#CCO)nc1C. The van der Waals surface area contributed by atoms with Crippen LogP contribution in [0.3, 0.4) is 0 Å². The van der Waals surface area contributed by atoms with E-state index in [1.165, 1.54) is 11.3 Å². The van der Waals surface area contributed by atoms with E-state index in [1.54, 1.807) is 25.3 Å². The quantitative estimate of drug-likeness (QED) is 0.809. The van der Waals surface area contributed by atoms with E-state index in [0.29, 0.717) is 21.8 Å². The molecule has 0 aliphatic heterocycles. The first-order chi connectivity index (χ1) is 9.61. The maximum Gasteiger partial charge on any atom is 0.269 e. The Labute approximate surface area is 119 Å². The summed E-state index contributed by atoms with van der Waals surface area (Å²) in [6, 6.07) is 1.72. The minimum atomic E-state index is -0.340. The van der Waals surface area contributed by atoms with E-state index in [-0.39, 0.29) is 18.5 Å². The Hall–Kier alpha value is -2.30. The lowest BCUT2D eigenvalue weighted by Gasteiger charge is -2.03. The zero-order chi connectivity index (χ0) is 14.5. The van der Waals surface area contributed by atoms with Gasteiger partial charge in [0.1, 0.15) is 11.5 Å². The fraction of sp³-hybridized carbons (Fsp3) is 0.231. The number of aryl methyl sites for hydroxylation is 2. The predicted octanol–water partition coefficient (Wildman–Crippen LogP) is 1.15. The van der Waals surface area contributed by atoms with Crippen molar-refractivity contribution in [3.63, 3.8) is 0 Å². The number of anilines is 1. The van der Waals surface area contributed by atoms with Gasteiger partial charge in [0.2, 0.25) is 5.95 Å². The molecule has 2 N–H and O–H groups in total. The zero-order valence-corrected chi connectivity index (χ0v) is 11.8. The molecule has 102 valence electrons. The number of hydrogen-bond donors (Lipinski definition) is 2. The maximum absolute atomic E-state index is 12.1. The lowest BCUT2D eigenvalue weighted by molar-refractivity contribution is 0.102. The van der Waals surface area contributed by atoms with Crippen molar-refractivity contribution in [1.29, 1.82) is 0 Å². The average molecular weight is 288 g/mol. The number of nitrogens with zero attached hydrogens (tertiary/aromatic N) is 3. The van der Waals surface area contributed by atoms with Crippen molar-refractivity contribution >= 4 is 23.2 Å². The third-order valence-electron chi connectivity index (χ3n) is 2.49. The number of nitrogens with one attached hydrogen (secondary N) is 1. The molecule has 0 bridgehead atoms. The molecule has 0 saturated carbocycles. The molecule has 0 aliphatic carbocycles. The Morgan fingerprint density at radius 1 is 1.40 bits per heavy atom. The van der Waals surface area contributed by atoms with Crippen LogP contribution >= 0.6 is 11.3 Å². The molecule has 6 nitrogen and oxygen atoms in total. The van der Waals surface area contributed by atoms with E-state index in [4.69, 9.17) is 5.11 Å². The number of aliphatic hydroxyl groups is 1. The standard InChI is InChI=1S/C13H12N4O2S/c1-8-9(2)16-17-13(14-8)15-12(19)11-10(4-3-6-18)5-7-20-11/h5,7,18H,6H2,1-2H3,(H,14,15,17,19). The summed E-state index contributed by atoms with van der Waals surface area (Å²) in [5, 5.41) is 20.7. The molecule has 0 fully saturated rings. The lowest BCUT2D eigenvalue weighted by atomic mass is 10.2. The first-order valence-electron chi connectivity index (χ1n) is 5.78. The van der Waals surface area contributed by atoms with Crippen LogP contribution in [0.1, 0.15) is 26.6 Å². The number of aliphatic hydroxyl groups excluding tert-OH is 1. The first-order valence-corrected chi connectivity index (χ1v) is 6.66. The summed E-state index contributed by atoms with van der Waals surface area (Å²) >= 11 is 1.26. The molecule has 0 radical (unpaired) electrons. The molecule has 0 aliphatic rings. The fourth-order valence-corrected chi connectivity index (χ4v) is 2.13. The number of rotatable bonds is 2. The summed E-state index contributed by atoms with van der Waals surface area (Å²) in [6.07, 6.45) is 0. The van der Waals surface area contributed by atoms with Gasteiger partial charge in [-0.15, -0.1) is 16.4 Å². The second-order valence-electron chi connectivity index (χ2n) is 3.88. The number of hydrogen-bond acceptors (Lipinski definition) is 6. The highest BCUT2D eigenvalue weighted by Crippen LogP contribution is 2.17. The molecule has 7 heteroatoms. The second kappa shape index (κ2) is 6.23. The van der Waals surface area contributed by atoms with Gasteiger partial charge in [0, 0.05) is 5.56 Å². The third-order valence-corrected chi connectivity index (χ3v) is 3.40. The fourth-order valence-electron chi connectivity index (χ4n) is 1.39. The topological polar surface area (TPSA) is 88.0 Å². The van der Waals surface area contributed by atoms with Gasteiger partial charge in [-0.2, -0.15) is 5.10 Å². The van der Waals surface area contributed by atoms with Crippen LogP contribution in [0.4, 0.5) is 5.95 Å². The van der Waals surface area contributed by atoms with Gasteiger partial charge in [-0.3, -0.25) is 10.1 Å². The summed E-state index contributed by atoms with van der Waals surface area (Å²) in [4.78, 5) is 16.7. The Morgan fingerprint density at radius 2 is 2.20 bits per heavy atom. The largest absolute Gasteiger partial charge is 0.384 e. The molecule has 0 aromatic carbocycles. The number of carbonyl (C=O) groups is 1. The smallest absolute Gasteiger partial charge is 0.269 e. The van der Waals surface area contributed by atoms with Crippen LogP contribution in [0.25, 0.3) is 0 Å². The van der Waals surface area contributed by atoms with Gasteiger partial charge in [-0.25, -0.2) is 4.98 Å². The highest BCUT2D eigenvalue weighted by atomic mass is 32.1. The molecule has 2 aromatic heterocycles. The van der Waals surface area contributed by atoms with Crippen LogP contribution in [-0.2, 0) is 0 Å². The van der Waals surface area contributed by atoms with Crippen LogP contribution in [-0.4, -0.2) is 32.8 Å². The van der Waals surface area contributed by atoms with E-state index < -0.39 is 0 Å². The highest BCUT2D eigenvalue weighted by Gasteiger charge is 2.14. The van der Waals surface area contributed by atoms with Crippen LogP contribution in [0.2, 0.25) is 0 Å². The van der Waals surface area contributed by atoms with Gasteiger partial charge in [0.15, 0.2) is 0 Å².